The Morgan fingerprint density at radius 1 is 1.39 bits per heavy atom. The van der Waals surface area contributed by atoms with Crippen molar-refractivity contribution in [3.8, 4) is 0 Å². The number of hydrogen-bond donors (Lipinski definition) is 2. The van der Waals surface area contributed by atoms with E-state index in [4.69, 9.17) is 0 Å². The van der Waals surface area contributed by atoms with Crippen molar-refractivity contribution in [1.29, 1.82) is 0 Å². The summed E-state index contributed by atoms with van der Waals surface area (Å²) in [6, 6.07) is 2.51. The fourth-order valence-electron chi connectivity index (χ4n) is 2.81. The third-order valence-electron chi connectivity index (χ3n) is 4.08. The van der Waals surface area contributed by atoms with E-state index in [0.717, 1.165) is 25.1 Å². The molecule has 1 aromatic carbocycles. The summed E-state index contributed by atoms with van der Waals surface area (Å²) in [5, 5.41) is 5.63. The van der Waals surface area contributed by atoms with Crippen LogP contribution in [0.2, 0.25) is 0 Å². The summed E-state index contributed by atoms with van der Waals surface area (Å²) in [6.07, 6.45) is 0.644. The highest BCUT2D eigenvalue weighted by atomic mass is 19.1. The first-order chi connectivity index (χ1) is 10.9. The molecule has 1 fully saturated rings. The molecule has 2 atom stereocenters. The van der Waals surface area contributed by atoms with Crippen LogP contribution in [-0.4, -0.2) is 42.9 Å². The first-order valence-electron chi connectivity index (χ1n) is 7.57. The predicted molar refractivity (Wildman–Crippen MR) is 81.6 cm³/mol. The summed E-state index contributed by atoms with van der Waals surface area (Å²) in [5.41, 5.74) is -0.283. The molecule has 1 aliphatic rings. The van der Waals surface area contributed by atoms with Crippen LogP contribution < -0.4 is 10.6 Å². The van der Waals surface area contributed by atoms with Gasteiger partial charge >= 0.3 is 0 Å². The van der Waals surface area contributed by atoms with Crippen molar-refractivity contribution in [2.24, 2.45) is 0 Å². The molecule has 1 saturated heterocycles. The standard InChI is InChI=1S/C16H21F2N3O2/c1-10(22)20-14(16-12(17)4-3-5-13(16)18)8-15(23)21(2)11-6-7-19-9-11/h3-5,11,14,19H,6-9H2,1-2H3,(H,20,22)/t11-,14+/m1/s1. The molecule has 1 aromatic rings. The van der Waals surface area contributed by atoms with Gasteiger partial charge in [-0.15, -0.1) is 0 Å². The van der Waals surface area contributed by atoms with Gasteiger partial charge in [0.2, 0.25) is 11.8 Å². The van der Waals surface area contributed by atoms with Crippen LogP contribution >= 0.6 is 0 Å². The zero-order valence-corrected chi connectivity index (χ0v) is 13.2. The maximum absolute atomic E-state index is 14.0. The average Bonchev–Trinajstić information content (AvgIpc) is 2.99. The highest BCUT2D eigenvalue weighted by molar-refractivity contribution is 5.79. The molecule has 0 bridgehead atoms. The third kappa shape index (κ3) is 4.25. The summed E-state index contributed by atoms with van der Waals surface area (Å²) < 4.78 is 28.0. The lowest BCUT2D eigenvalue weighted by atomic mass is 10.0. The quantitative estimate of drug-likeness (QED) is 0.859. The number of nitrogens with one attached hydrogen (secondary N) is 2. The minimum atomic E-state index is -1.03. The van der Waals surface area contributed by atoms with E-state index in [1.165, 1.54) is 13.0 Å². The molecule has 5 nitrogen and oxygen atoms in total. The summed E-state index contributed by atoms with van der Waals surface area (Å²) >= 11 is 0. The van der Waals surface area contributed by atoms with E-state index in [1.54, 1.807) is 11.9 Å². The van der Waals surface area contributed by atoms with E-state index in [0.29, 0.717) is 6.54 Å². The maximum atomic E-state index is 14.0. The number of hydrogen-bond acceptors (Lipinski definition) is 3. The van der Waals surface area contributed by atoms with Crippen LogP contribution in [-0.2, 0) is 9.59 Å². The van der Waals surface area contributed by atoms with Gasteiger partial charge in [0.05, 0.1) is 12.5 Å². The molecule has 2 amide bonds. The van der Waals surface area contributed by atoms with Crippen molar-refractivity contribution in [3.05, 3.63) is 35.4 Å². The smallest absolute Gasteiger partial charge is 0.225 e. The molecule has 0 radical (unpaired) electrons. The van der Waals surface area contributed by atoms with Crippen molar-refractivity contribution in [1.82, 2.24) is 15.5 Å². The molecule has 2 rings (SSSR count). The lowest BCUT2D eigenvalue weighted by Crippen LogP contribution is -2.41. The monoisotopic (exact) mass is 325 g/mol. The highest BCUT2D eigenvalue weighted by Crippen LogP contribution is 2.24. The van der Waals surface area contributed by atoms with Gasteiger partial charge in [0.25, 0.3) is 0 Å². The van der Waals surface area contributed by atoms with E-state index in [2.05, 4.69) is 10.6 Å². The molecule has 0 saturated carbocycles. The lowest BCUT2D eigenvalue weighted by molar-refractivity contribution is -0.132. The van der Waals surface area contributed by atoms with Crippen molar-refractivity contribution in [2.45, 2.75) is 31.8 Å². The van der Waals surface area contributed by atoms with E-state index >= 15 is 0 Å². The van der Waals surface area contributed by atoms with Gasteiger partial charge < -0.3 is 15.5 Å². The summed E-state index contributed by atoms with van der Waals surface area (Å²) in [5.74, 6) is -2.26. The number of benzene rings is 1. The second-order valence-electron chi connectivity index (χ2n) is 5.74. The molecular formula is C16H21F2N3O2. The van der Waals surface area contributed by atoms with Crippen LogP contribution in [0.4, 0.5) is 8.78 Å². The maximum Gasteiger partial charge on any atom is 0.225 e. The molecule has 0 unspecified atom stereocenters. The zero-order chi connectivity index (χ0) is 17.0. The number of carbonyl (C=O) groups excluding carboxylic acids is 2. The Kier molecular flexibility index (Phi) is 5.65. The highest BCUT2D eigenvalue weighted by Gasteiger charge is 2.28. The Balaban J connectivity index is 2.18. The zero-order valence-electron chi connectivity index (χ0n) is 13.2. The van der Waals surface area contributed by atoms with Gasteiger partial charge in [0.15, 0.2) is 0 Å². The predicted octanol–water partition coefficient (Wildman–Crippen LogP) is 1.35. The summed E-state index contributed by atoms with van der Waals surface area (Å²) in [7, 11) is 1.67. The number of halogens is 2. The van der Waals surface area contributed by atoms with Gasteiger partial charge in [0, 0.05) is 32.1 Å². The Bertz CT molecular complexity index is 568. The van der Waals surface area contributed by atoms with Crippen LogP contribution in [0, 0.1) is 11.6 Å². The van der Waals surface area contributed by atoms with Crippen molar-refractivity contribution >= 4 is 11.8 Å². The second kappa shape index (κ2) is 7.50. The third-order valence-corrected chi connectivity index (χ3v) is 4.08. The molecule has 0 aromatic heterocycles. The summed E-state index contributed by atoms with van der Waals surface area (Å²) in [4.78, 5) is 25.4. The van der Waals surface area contributed by atoms with Crippen molar-refractivity contribution in [3.63, 3.8) is 0 Å². The first-order valence-corrected chi connectivity index (χ1v) is 7.57. The van der Waals surface area contributed by atoms with Crippen molar-refractivity contribution < 1.29 is 18.4 Å². The van der Waals surface area contributed by atoms with Gasteiger partial charge in [-0.3, -0.25) is 9.59 Å². The SMILES string of the molecule is CC(=O)N[C@@H](CC(=O)N(C)[C@@H]1CCNC1)c1c(F)cccc1F. The van der Waals surface area contributed by atoms with Crippen LogP contribution in [0.3, 0.4) is 0 Å². The number of rotatable bonds is 5. The number of nitrogens with zero attached hydrogens (tertiary/aromatic N) is 1. The van der Waals surface area contributed by atoms with Gasteiger partial charge in [-0.05, 0) is 25.1 Å². The minimum absolute atomic E-state index is 0.0611. The molecule has 7 heteroatoms. The van der Waals surface area contributed by atoms with Crippen LogP contribution in [0.25, 0.3) is 0 Å². The Hall–Kier alpha value is -2.02. The Labute approximate surface area is 134 Å². The minimum Gasteiger partial charge on any atom is -0.349 e. The lowest BCUT2D eigenvalue weighted by Gasteiger charge is -2.27. The normalized spacial score (nSPS) is 18.5. The van der Waals surface area contributed by atoms with Crippen LogP contribution in [0.1, 0.15) is 31.4 Å². The van der Waals surface area contributed by atoms with E-state index < -0.39 is 23.6 Å². The Morgan fingerprint density at radius 3 is 2.57 bits per heavy atom. The largest absolute Gasteiger partial charge is 0.349 e. The number of amides is 2. The topological polar surface area (TPSA) is 61.4 Å². The van der Waals surface area contributed by atoms with Gasteiger partial charge in [-0.25, -0.2) is 8.78 Å². The Morgan fingerprint density at radius 2 is 2.04 bits per heavy atom. The average molecular weight is 325 g/mol. The molecule has 2 N–H and O–H groups in total. The molecule has 23 heavy (non-hydrogen) atoms. The van der Waals surface area contributed by atoms with E-state index in [9.17, 15) is 18.4 Å². The molecule has 126 valence electrons. The molecular weight excluding hydrogens is 304 g/mol. The van der Waals surface area contributed by atoms with Crippen LogP contribution in [0.15, 0.2) is 18.2 Å². The number of carbonyl (C=O) groups is 2. The van der Waals surface area contributed by atoms with Crippen LogP contribution in [0.5, 0.6) is 0 Å². The van der Waals surface area contributed by atoms with Gasteiger partial charge in [0.1, 0.15) is 11.6 Å². The second-order valence-corrected chi connectivity index (χ2v) is 5.74. The first kappa shape index (κ1) is 17.3. The fourth-order valence-corrected chi connectivity index (χ4v) is 2.81. The van der Waals surface area contributed by atoms with Crippen molar-refractivity contribution in [2.75, 3.05) is 20.1 Å². The van der Waals surface area contributed by atoms with Gasteiger partial charge in [-0.2, -0.15) is 0 Å². The molecule has 1 aliphatic heterocycles. The van der Waals surface area contributed by atoms with E-state index in [1.807, 2.05) is 0 Å². The molecule has 0 aliphatic carbocycles. The molecule has 0 spiro atoms. The number of likely N-dealkylation sites (N-methyl/N-ethyl adjacent to an activating group) is 1. The van der Waals surface area contributed by atoms with Gasteiger partial charge in [-0.1, -0.05) is 6.07 Å². The fraction of sp³-hybridized carbons (Fsp3) is 0.500. The van der Waals surface area contributed by atoms with E-state index in [-0.39, 0.29) is 23.9 Å². The summed E-state index contributed by atoms with van der Waals surface area (Å²) in [6.45, 7) is 2.78. The molecule has 1 heterocycles.